The van der Waals surface area contributed by atoms with Gasteiger partial charge in [-0.25, -0.2) is 0 Å². The number of nitro benzene ring substituents is 1. The van der Waals surface area contributed by atoms with Crippen LogP contribution in [0.4, 0.5) is 11.4 Å². The van der Waals surface area contributed by atoms with Crippen LogP contribution in [0.2, 0.25) is 0 Å². The first kappa shape index (κ1) is 11.7. The zero-order valence-corrected chi connectivity index (χ0v) is 9.66. The van der Waals surface area contributed by atoms with Gasteiger partial charge in [-0.2, -0.15) is 0 Å². The molecule has 0 unspecified atom stereocenters. The second kappa shape index (κ2) is 5.50. The molecular formula is C10H11BrN2O2. The number of hydrogen-bond acceptors (Lipinski definition) is 3. The Bertz CT molecular complexity index is 380. The number of halogens is 1. The number of nitro groups is 1. The Labute approximate surface area is 96.3 Å². The largest absolute Gasteiger partial charge is 0.384 e. The second-order valence-corrected chi connectivity index (χ2v) is 3.78. The molecule has 5 heteroatoms. The van der Waals surface area contributed by atoms with Crippen LogP contribution >= 0.6 is 15.9 Å². The van der Waals surface area contributed by atoms with Crippen molar-refractivity contribution in [2.75, 3.05) is 11.9 Å². The van der Waals surface area contributed by atoms with E-state index in [1.807, 2.05) is 6.08 Å². The van der Waals surface area contributed by atoms with Gasteiger partial charge in [-0.05, 0) is 28.4 Å². The predicted octanol–water partition coefficient (Wildman–Crippen LogP) is 3.35. The lowest BCUT2D eigenvalue weighted by atomic mass is 10.3. The van der Waals surface area contributed by atoms with Crippen LogP contribution in [0.25, 0.3) is 0 Å². The summed E-state index contributed by atoms with van der Waals surface area (Å²) in [6, 6.07) is 4.64. The van der Waals surface area contributed by atoms with Gasteiger partial charge < -0.3 is 5.32 Å². The molecule has 0 aliphatic rings. The highest BCUT2D eigenvalue weighted by Crippen LogP contribution is 2.26. The van der Waals surface area contributed by atoms with Crippen molar-refractivity contribution in [1.29, 1.82) is 0 Å². The van der Waals surface area contributed by atoms with Gasteiger partial charge in [-0.1, -0.05) is 6.08 Å². The molecule has 0 bridgehead atoms. The summed E-state index contributed by atoms with van der Waals surface area (Å²) in [7, 11) is 0. The SMILES string of the molecule is C=CCCNc1ccc([N+](=O)[O-])cc1Br. The Morgan fingerprint density at radius 1 is 1.60 bits per heavy atom. The summed E-state index contributed by atoms with van der Waals surface area (Å²) in [4.78, 5) is 10.1. The van der Waals surface area contributed by atoms with E-state index < -0.39 is 4.92 Å². The molecule has 0 spiro atoms. The Hall–Kier alpha value is -1.36. The molecule has 0 aliphatic heterocycles. The fraction of sp³-hybridized carbons (Fsp3) is 0.200. The minimum atomic E-state index is -0.418. The van der Waals surface area contributed by atoms with Gasteiger partial charge in [0.1, 0.15) is 0 Å². The third-order valence-corrected chi connectivity index (χ3v) is 2.48. The van der Waals surface area contributed by atoms with Crippen LogP contribution in [0.5, 0.6) is 0 Å². The fourth-order valence-electron chi connectivity index (χ4n) is 1.07. The van der Waals surface area contributed by atoms with Gasteiger partial charge in [-0.3, -0.25) is 10.1 Å². The number of hydrogen-bond donors (Lipinski definition) is 1. The van der Waals surface area contributed by atoms with Crippen LogP contribution < -0.4 is 5.32 Å². The predicted molar refractivity (Wildman–Crippen MR) is 64.1 cm³/mol. The van der Waals surface area contributed by atoms with Gasteiger partial charge in [0.05, 0.1) is 4.92 Å². The van der Waals surface area contributed by atoms with E-state index in [2.05, 4.69) is 27.8 Å². The van der Waals surface area contributed by atoms with E-state index in [1.54, 1.807) is 6.07 Å². The van der Waals surface area contributed by atoms with Crippen molar-refractivity contribution in [2.45, 2.75) is 6.42 Å². The van der Waals surface area contributed by atoms with Gasteiger partial charge in [0.15, 0.2) is 0 Å². The Morgan fingerprint density at radius 3 is 2.87 bits per heavy atom. The average Bonchev–Trinajstić information content (AvgIpc) is 2.20. The van der Waals surface area contributed by atoms with E-state index in [9.17, 15) is 10.1 Å². The second-order valence-electron chi connectivity index (χ2n) is 2.93. The lowest BCUT2D eigenvalue weighted by molar-refractivity contribution is -0.384. The first-order valence-corrected chi connectivity index (χ1v) is 5.23. The molecule has 0 aromatic heterocycles. The first-order valence-electron chi connectivity index (χ1n) is 4.44. The standard InChI is InChI=1S/C10H11BrN2O2/c1-2-3-6-12-10-5-4-8(13(14)15)7-9(10)11/h2,4-5,7,12H,1,3,6H2. The molecule has 0 atom stereocenters. The van der Waals surface area contributed by atoms with E-state index in [0.717, 1.165) is 18.7 Å². The van der Waals surface area contributed by atoms with Crippen LogP contribution in [0.3, 0.4) is 0 Å². The summed E-state index contributed by atoms with van der Waals surface area (Å²) in [5.41, 5.74) is 0.929. The van der Waals surface area contributed by atoms with E-state index >= 15 is 0 Å². The fourth-order valence-corrected chi connectivity index (χ4v) is 1.58. The van der Waals surface area contributed by atoms with Crippen LogP contribution in [-0.2, 0) is 0 Å². The number of anilines is 1. The van der Waals surface area contributed by atoms with Crippen molar-refractivity contribution in [3.8, 4) is 0 Å². The minimum Gasteiger partial charge on any atom is -0.384 e. The van der Waals surface area contributed by atoms with Crippen molar-refractivity contribution in [3.05, 3.63) is 45.4 Å². The van der Waals surface area contributed by atoms with Crippen LogP contribution in [0.1, 0.15) is 6.42 Å². The van der Waals surface area contributed by atoms with Crippen molar-refractivity contribution < 1.29 is 4.92 Å². The summed E-state index contributed by atoms with van der Waals surface area (Å²) in [6.07, 6.45) is 2.66. The third-order valence-electron chi connectivity index (χ3n) is 1.83. The average molecular weight is 271 g/mol. The normalized spacial score (nSPS) is 9.67. The number of nitrogens with zero attached hydrogens (tertiary/aromatic N) is 1. The van der Waals surface area contributed by atoms with Crippen LogP contribution in [0, 0.1) is 10.1 Å². The Morgan fingerprint density at radius 2 is 2.33 bits per heavy atom. The van der Waals surface area contributed by atoms with Gasteiger partial charge in [-0.15, -0.1) is 6.58 Å². The summed E-state index contributed by atoms with van der Waals surface area (Å²) in [6.45, 7) is 4.37. The first-order chi connectivity index (χ1) is 7.15. The number of nitrogens with one attached hydrogen (secondary N) is 1. The van der Waals surface area contributed by atoms with E-state index in [4.69, 9.17) is 0 Å². The maximum absolute atomic E-state index is 10.5. The number of non-ortho nitro benzene ring substituents is 1. The molecule has 0 radical (unpaired) electrons. The van der Waals surface area contributed by atoms with Gasteiger partial charge >= 0.3 is 0 Å². The molecule has 1 aromatic carbocycles. The molecule has 0 heterocycles. The lowest BCUT2D eigenvalue weighted by Gasteiger charge is -2.06. The molecular weight excluding hydrogens is 260 g/mol. The van der Waals surface area contributed by atoms with Crippen LogP contribution in [0.15, 0.2) is 35.3 Å². The maximum Gasteiger partial charge on any atom is 0.270 e. The maximum atomic E-state index is 10.5. The van der Waals surface area contributed by atoms with Gasteiger partial charge in [0.2, 0.25) is 0 Å². The van der Waals surface area contributed by atoms with Crippen LogP contribution in [-0.4, -0.2) is 11.5 Å². The molecule has 0 amide bonds. The molecule has 0 fully saturated rings. The highest BCUT2D eigenvalue weighted by Gasteiger charge is 2.08. The smallest absolute Gasteiger partial charge is 0.270 e. The highest BCUT2D eigenvalue weighted by molar-refractivity contribution is 9.10. The summed E-state index contributed by atoms with van der Waals surface area (Å²) in [5.74, 6) is 0. The molecule has 1 aromatic rings. The van der Waals surface area contributed by atoms with E-state index in [1.165, 1.54) is 12.1 Å². The zero-order chi connectivity index (χ0) is 11.3. The van der Waals surface area contributed by atoms with Gasteiger partial charge in [0.25, 0.3) is 5.69 Å². The highest BCUT2D eigenvalue weighted by atomic mass is 79.9. The molecule has 1 N–H and O–H groups in total. The Kier molecular flexibility index (Phi) is 4.30. The third kappa shape index (κ3) is 3.36. The van der Waals surface area contributed by atoms with Crippen molar-refractivity contribution in [1.82, 2.24) is 0 Å². The molecule has 80 valence electrons. The molecule has 4 nitrogen and oxygen atoms in total. The number of rotatable bonds is 5. The molecule has 0 saturated carbocycles. The van der Waals surface area contributed by atoms with Gasteiger partial charge in [0, 0.05) is 28.8 Å². The summed E-state index contributed by atoms with van der Waals surface area (Å²) < 4.78 is 0.695. The van der Waals surface area contributed by atoms with Crippen molar-refractivity contribution >= 4 is 27.3 Å². The van der Waals surface area contributed by atoms with Crippen molar-refractivity contribution in [2.24, 2.45) is 0 Å². The monoisotopic (exact) mass is 270 g/mol. The molecule has 0 aliphatic carbocycles. The van der Waals surface area contributed by atoms with E-state index in [0.29, 0.717) is 4.47 Å². The quantitative estimate of drug-likeness (QED) is 0.386. The molecule has 0 saturated heterocycles. The van der Waals surface area contributed by atoms with E-state index in [-0.39, 0.29) is 5.69 Å². The number of benzene rings is 1. The van der Waals surface area contributed by atoms with Crippen molar-refractivity contribution in [3.63, 3.8) is 0 Å². The summed E-state index contributed by atoms with van der Waals surface area (Å²) in [5, 5.41) is 13.6. The molecule has 1 rings (SSSR count). The minimum absolute atomic E-state index is 0.0798. The lowest BCUT2D eigenvalue weighted by Crippen LogP contribution is -2.01. The Balaban J connectivity index is 2.74. The summed E-state index contributed by atoms with van der Waals surface area (Å²) >= 11 is 3.27. The zero-order valence-electron chi connectivity index (χ0n) is 8.07. The topological polar surface area (TPSA) is 55.2 Å². The molecule has 15 heavy (non-hydrogen) atoms.